The molecule has 3 aromatic rings. The molecule has 5 heteroatoms. The van der Waals surface area contributed by atoms with Gasteiger partial charge in [0.25, 0.3) is 0 Å². The molecule has 0 unspecified atom stereocenters. The summed E-state index contributed by atoms with van der Waals surface area (Å²) in [7, 11) is 1.87. The van der Waals surface area contributed by atoms with Crippen LogP contribution in [0.1, 0.15) is 0 Å². The molecule has 0 atom stereocenters. The second kappa shape index (κ2) is 5.17. The van der Waals surface area contributed by atoms with Crippen molar-refractivity contribution in [3.8, 4) is 22.5 Å². The van der Waals surface area contributed by atoms with E-state index in [4.69, 9.17) is 0 Å². The zero-order chi connectivity index (χ0) is 14.1. The Hall–Kier alpha value is -2.01. The molecule has 20 heavy (non-hydrogen) atoms. The van der Waals surface area contributed by atoms with Crippen LogP contribution in [0, 0.1) is 5.82 Å². The third-order valence-electron chi connectivity index (χ3n) is 2.98. The fraction of sp³-hybridized carbons (Fsp3) is 0.0667. The summed E-state index contributed by atoms with van der Waals surface area (Å²) in [5.41, 5.74) is 3.48. The van der Waals surface area contributed by atoms with E-state index >= 15 is 0 Å². The molecular formula is C15H11BrFN3. The highest BCUT2D eigenvalue weighted by atomic mass is 79.9. The fourth-order valence-corrected chi connectivity index (χ4v) is 2.39. The van der Waals surface area contributed by atoms with E-state index in [9.17, 15) is 4.39 Å². The SMILES string of the molecule is Cn1ccc(-c2cc(-c3ccc(F)cc3)ncc2Br)n1. The molecule has 3 rings (SSSR count). The quantitative estimate of drug-likeness (QED) is 0.709. The minimum absolute atomic E-state index is 0.254. The summed E-state index contributed by atoms with van der Waals surface area (Å²) in [6, 6.07) is 10.2. The van der Waals surface area contributed by atoms with Crippen molar-refractivity contribution in [3.63, 3.8) is 0 Å². The molecule has 0 N–H and O–H groups in total. The number of halogens is 2. The second-order valence-electron chi connectivity index (χ2n) is 4.43. The lowest BCUT2D eigenvalue weighted by Gasteiger charge is -2.05. The average molecular weight is 332 g/mol. The highest BCUT2D eigenvalue weighted by Crippen LogP contribution is 2.30. The lowest BCUT2D eigenvalue weighted by atomic mass is 10.1. The van der Waals surface area contributed by atoms with Crippen molar-refractivity contribution < 1.29 is 4.39 Å². The summed E-state index contributed by atoms with van der Waals surface area (Å²) in [5.74, 6) is -0.254. The third kappa shape index (κ3) is 2.49. The van der Waals surface area contributed by atoms with Gasteiger partial charge >= 0.3 is 0 Å². The topological polar surface area (TPSA) is 30.7 Å². The Labute approximate surface area is 124 Å². The van der Waals surface area contributed by atoms with Crippen LogP contribution in [-0.4, -0.2) is 14.8 Å². The second-order valence-corrected chi connectivity index (χ2v) is 5.29. The number of aromatic nitrogens is 3. The van der Waals surface area contributed by atoms with Crippen molar-refractivity contribution in [1.82, 2.24) is 14.8 Å². The molecule has 0 aliphatic carbocycles. The maximum absolute atomic E-state index is 13.0. The van der Waals surface area contributed by atoms with E-state index in [2.05, 4.69) is 26.0 Å². The summed E-state index contributed by atoms with van der Waals surface area (Å²) in [4.78, 5) is 4.37. The molecule has 0 bridgehead atoms. The summed E-state index contributed by atoms with van der Waals surface area (Å²) in [6.45, 7) is 0. The molecule has 0 saturated carbocycles. The van der Waals surface area contributed by atoms with Crippen LogP contribution in [0.3, 0.4) is 0 Å². The van der Waals surface area contributed by atoms with Crippen molar-refractivity contribution in [1.29, 1.82) is 0 Å². The number of nitrogens with zero attached hydrogens (tertiary/aromatic N) is 3. The summed E-state index contributed by atoms with van der Waals surface area (Å²) in [6.07, 6.45) is 3.63. The van der Waals surface area contributed by atoms with E-state index in [1.807, 2.05) is 25.4 Å². The molecule has 0 radical (unpaired) electrons. The van der Waals surface area contributed by atoms with Gasteiger partial charge in [0, 0.05) is 35.0 Å². The van der Waals surface area contributed by atoms with Crippen molar-refractivity contribution >= 4 is 15.9 Å². The van der Waals surface area contributed by atoms with Gasteiger partial charge in [-0.3, -0.25) is 9.67 Å². The standard InChI is InChI=1S/C15H11BrFN3/c1-20-7-6-14(19-20)12-8-15(18-9-13(12)16)10-2-4-11(17)5-3-10/h2-9H,1H3. The maximum Gasteiger partial charge on any atom is 0.123 e. The van der Waals surface area contributed by atoms with Gasteiger partial charge in [-0.15, -0.1) is 0 Å². The Morgan fingerprint density at radius 3 is 2.50 bits per heavy atom. The van der Waals surface area contributed by atoms with Gasteiger partial charge in [0.2, 0.25) is 0 Å². The van der Waals surface area contributed by atoms with Gasteiger partial charge in [-0.1, -0.05) is 0 Å². The first kappa shape index (κ1) is 13.0. The Bertz CT molecular complexity index is 750. The molecule has 2 heterocycles. The summed E-state index contributed by atoms with van der Waals surface area (Å²) in [5, 5.41) is 4.39. The molecular weight excluding hydrogens is 321 g/mol. The van der Waals surface area contributed by atoms with E-state index in [0.717, 1.165) is 27.0 Å². The molecule has 3 nitrogen and oxygen atoms in total. The molecule has 1 aromatic carbocycles. The predicted octanol–water partition coefficient (Wildman–Crippen LogP) is 4.05. The zero-order valence-corrected chi connectivity index (χ0v) is 12.3. The first-order chi connectivity index (χ1) is 9.63. The first-order valence-corrected chi connectivity index (χ1v) is 6.84. The van der Waals surface area contributed by atoms with E-state index in [1.165, 1.54) is 12.1 Å². The fourth-order valence-electron chi connectivity index (χ4n) is 1.97. The lowest BCUT2D eigenvalue weighted by molar-refractivity contribution is 0.628. The predicted molar refractivity (Wildman–Crippen MR) is 79.5 cm³/mol. The maximum atomic E-state index is 13.0. The van der Waals surface area contributed by atoms with Gasteiger partial charge < -0.3 is 0 Å². The Kier molecular flexibility index (Phi) is 3.36. The van der Waals surface area contributed by atoms with Crippen LogP contribution in [0.25, 0.3) is 22.5 Å². The summed E-state index contributed by atoms with van der Waals surface area (Å²) >= 11 is 3.49. The van der Waals surface area contributed by atoms with Gasteiger partial charge in [-0.05, 0) is 52.3 Å². The number of pyridine rings is 1. The molecule has 0 aliphatic rings. The number of rotatable bonds is 2. The molecule has 0 fully saturated rings. The van der Waals surface area contributed by atoms with E-state index < -0.39 is 0 Å². The van der Waals surface area contributed by atoms with Crippen molar-refractivity contribution in [2.75, 3.05) is 0 Å². The largest absolute Gasteiger partial charge is 0.275 e. The van der Waals surface area contributed by atoms with E-state index in [1.54, 1.807) is 23.0 Å². The third-order valence-corrected chi connectivity index (χ3v) is 3.62. The summed E-state index contributed by atoms with van der Waals surface area (Å²) < 4.78 is 15.6. The molecule has 0 amide bonds. The molecule has 0 spiro atoms. The van der Waals surface area contributed by atoms with Crippen LogP contribution in [0.4, 0.5) is 4.39 Å². The van der Waals surface area contributed by atoms with Crippen LogP contribution in [0.2, 0.25) is 0 Å². The van der Waals surface area contributed by atoms with Crippen LogP contribution in [0.15, 0.2) is 53.3 Å². The van der Waals surface area contributed by atoms with Gasteiger partial charge in [-0.25, -0.2) is 4.39 Å². The smallest absolute Gasteiger partial charge is 0.123 e. The van der Waals surface area contributed by atoms with E-state index in [-0.39, 0.29) is 5.82 Å². The average Bonchev–Trinajstić information content (AvgIpc) is 2.87. The van der Waals surface area contributed by atoms with Crippen molar-refractivity contribution in [2.45, 2.75) is 0 Å². The number of hydrogen-bond donors (Lipinski definition) is 0. The number of aryl methyl sites for hydroxylation is 1. The van der Waals surface area contributed by atoms with Gasteiger partial charge in [-0.2, -0.15) is 5.10 Å². The monoisotopic (exact) mass is 331 g/mol. The molecule has 0 saturated heterocycles. The van der Waals surface area contributed by atoms with Crippen LogP contribution >= 0.6 is 15.9 Å². The van der Waals surface area contributed by atoms with Gasteiger partial charge in [0.05, 0.1) is 11.4 Å². The van der Waals surface area contributed by atoms with Gasteiger partial charge in [0.15, 0.2) is 0 Å². The number of hydrogen-bond acceptors (Lipinski definition) is 2. The molecule has 2 aromatic heterocycles. The number of benzene rings is 1. The van der Waals surface area contributed by atoms with Crippen LogP contribution < -0.4 is 0 Å². The first-order valence-electron chi connectivity index (χ1n) is 6.05. The molecule has 0 aliphatic heterocycles. The van der Waals surface area contributed by atoms with Gasteiger partial charge in [0.1, 0.15) is 5.82 Å². The minimum atomic E-state index is -0.254. The van der Waals surface area contributed by atoms with Crippen molar-refractivity contribution in [2.24, 2.45) is 7.05 Å². The normalized spacial score (nSPS) is 10.8. The van der Waals surface area contributed by atoms with Crippen LogP contribution in [-0.2, 0) is 7.05 Å². The Morgan fingerprint density at radius 2 is 1.85 bits per heavy atom. The van der Waals surface area contributed by atoms with Crippen LogP contribution in [0.5, 0.6) is 0 Å². The molecule has 100 valence electrons. The Balaban J connectivity index is 2.08. The highest BCUT2D eigenvalue weighted by molar-refractivity contribution is 9.10. The highest BCUT2D eigenvalue weighted by Gasteiger charge is 2.09. The Morgan fingerprint density at radius 1 is 1.10 bits per heavy atom. The lowest BCUT2D eigenvalue weighted by Crippen LogP contribution is -1.91. The van der Waals surface area contributed by atoms with Crippen molar-refractivity contribution in [3.05, 3.63) is 59.1 Å². The zero-order valence-electron chi connectivity index (χ0n) is 10.7. The minimum Gasteiger partial charge on any atom is -0.275 e. The van der Waals surface area contributed by atoms with E-state index in [0.29, 0.717) is 0 Å².